The predicted octanol–water partition coefficient (Wildman–Crippen LogP) is 3.58. The molecule has 1 fully saturated rings. The number of hydrogen-bond acceptors (Lipinski definition) is 1. The van der Waals surface area contributed by atoms with Crippen molar-refractivity contribution >= 4 is 0 Å². The normalized spacial score (nSPS) is 26.0. The number of aryl methyl sites for hydroxylation is 1. The lowest BCUT2D eigenvalue weighted by molar-refractivity contribution is 0.213. The van der Waals surface area contributed by atoms with Gasteiger partial charge in [-0.3, -0.25) is 0 Å². The zero-order chi connectivity index (χ0) is 11.5. The van der Waals surface area contributed by atoms with E-state index < -0.39 is 0 Å². The van der Waals surface area contributed by atoms with Crippen LogP contribution in [0.15, 0.2) is 24.3 Å². The Morgan fingerprint density at radius 3 is 2.69 bits per heavy atom. The van der Waals surface area contributed by atoms with Crippen molar-refractivity contribution in [2.24, 2.45) is 0 Å². The van der Waals surface area contributed by atoms with Crippen LogP contribution in [-0.2, 0) is 0 Å². The molecule has 1 heteroatoms. The fourth-order valence-electron chi connectivity index (χ4n) is 2.86. The molecule has 0 bridgehead atoms. The molecular formula is C15H23N. The van der Waals surface area contributed by atoms with Gasteiger partial charge in [-0.05, 0) is 51.8 Å². The molecule has 0 saturated heterocycles. The minimum atomic E-state index is 0.777. The van der Waals surface area contributed by atoms with Crippen LogP contribution in [0.1, 0.15) is 42.7 Å². The Morgan fingerprint density at radius 2 is 2.00 bits per heavy atom. The second kappa shape index (κ2) is 5.01. The van der Waals surface area contributed by atoms with Crippen molar-refractivity contribution < 1.29 is 0 Å². The lowest BCUT2D eigenvalue weighted by Gasteiger charge is -2.33. The van der Waals surface area contributed by atoms with E-state index in [-0.39, 0.29) is 0 Å². The third-order valence-electron chi connectivity index (χ3n) is 3.89. The summed E-state index contributed by atoms with van der Waals surface area (Å²) in [6, 6.07) is 9.83. The lowest BCUT2D eigenvalue weighted by Crippen LogP contribution is -2.32. The summed E-state index contributed by atoms with van der Waals surface area (Å²) in [6.45, 7) is 2.19. The summed E-state index contributed by atoms with van der Waals surface area (Å²) >= 11 is 0. The summed E-state index contributed by atoms with van der Waals surface area (Å²) in [5, 5.41) is 0. The summed E-state index contributed by atoms with van der Waals surface area (Å²) < 4.78 is 0. The van der Waals surface area contributed by atoms with Crippen LogP contribution < -0.4 is 0 Å². The second-order valence-corrected chi connectivity index (χ2v) is 5.40. The molecule has 1 aromatic rings. The molecule has 0 amide bonds. The summed E-state index contributed by atoms with van der Waals surface area (Å²) in [7, 11) is 4.42. The first-order chi connectivity index (χ1) is 7.66. The Bertz CT molecular complexity index is 343. The Balaban J connectivity index is 2.09. The molecule has 2 atom stereocenters. The van der Waals surface area contributed by atoms with Crippen molar-refractivity contribution in [1.29, 1.82) is 0 Å². The fourth-order valence-corrected chi connectivity index (χ4v) is 2.86. The highest BCUT2D eigenvalue weighted by Crippen LogP contribution is 2.34. The van der Waals surface area contributed by atoms with E-state index in [2.05, 4.69) is 50.2 Å². The zero-order valence-corrected chi connectivity index (χ0v) is 10.7. The molecule has 16 heavy (non-hydrogen) atoms. The first-order valence-electron chi connectivity index (χ1n) is 6.40. The highest BCUT2D eigenvalue weighted by Gasteiger charge is 2.24. The molecule has 1 aliphatic rings. The van der Waals surface area contributed by atoms with E-state index in [9.17, 15) is 0 Å². The van der Waals surface area contributed by atoms with Crippen molar-refractivity contribution in [1.82, 2.24) is 4.90 Å². The summed E-state index contributed by atoms with van der Waals surface area (Å²) in [5.74, 6) is 0.779. The van der Waals surface area contributed by atoms with E-state index in [1.807, 2.05) is 0 Å². The van der Waals surface area contributed by atoms with Crippen LogP contribution in [0.4, 0.5) is 0 Å². The molecule has 0 radical (unpaired) electrons. The van der Waals surface area contributed by atoms with Gasteiger partial charge in [0.05, 0.1) is 0 Å². The van der Waals surface area contributed by atoms with Crippen LogP contribution >= 0.6 is 0 Å². The molecule has 1 aromatic carbocycles. The molecule has 88 valence electrons. The number of hydrogen-bond donors (Lipinski definition) is 0. The smallest absolute Gasteiger partial charge is 0.00949 e. The van der Waals surface area contributed by atoms with Gasteiger partial charge < -0.3 is 4.90 Å². The predicted molar refractivity (Wildman–Crippen MR) is 69.9 cm³/mol. The molecule has 2 rings (SSSR count). The van der Waals surface area contributed by atoms with E-state index in [0.29, 0.717) is 0 Å². The van der Waals surface area contributed by atoms with Gasteiger partial charge >= 0.3 is 0 Å². The monoisotopic (exact) mass is 217 g/mol. The maximum atomic E-state index is 2.39. The van der Waals surface area contributed by atoms with Gasteiger partial charge in [0.15, 0.2) is 0 Å². The standard InChI is InChI=1S/C15H23N/c1-12-6-4-7-13(10-12)14-8-5-9-15(11-14)16(2)3/h4,6-7,10,14-15H,5,8-9,11H2,1-3H3. The Kier molecular flexibility index (Phi) is 3.65. The third kappa shape index (κ3) is 2.65. The minimum Gasteiger partial charge on any atom is -0.306 e. The van der Waals surface area contributed by atoms with Crippen molar-refractivity contribution in [3.05, 3.63) is 35.4 Å². The molecule has 2 unspecified atom stereocenters. The van der Waals surface area contributed by atoms with Gasteiger partial charge in [-0.25, -0.2) is 0 Å². The van der Waals surface area contributed by atoms with E-state index >= 15 is 0 Å². The van der Waals surface area contributed by atoms with Crippen LogP contribution in [0.5, 0.6) is 0 Å². The number of benzene rings is 1. The van der Waals surface area contributed by atoms with E-state index in [0.717, 1.165) is 12.0 Å². The van der Waals surface area contributed by atoms with Crippen LogP contribution in [-0.4, -0.2) is 25.0 Å². The van der Waals surface area contributed by atoms with Gasteiger partial charge in [0.25, 0.3) is 0 Å². The average molecular weight is 217 g/mol. The Hall–Kier alpha value is -0.820. The van der Waals surface area contributed by atoms with Crippen molar-refractivity contribution in [2.45, 2.75) is 44.6 Å². The van der Waals surface area contributed by atoms with Gasteiger partial charge in [0.1, 0.15) is 0 Å². The first-order valence-corrected chi connectivity index (χ1v) is 6.40. The molecule has 1 nitrogen and oxygen atoms in total. The van der Waals surface area contributed by atoms with Gasteiger partial charge in [-0.15, -0.1) is 0 Å². The van der Waals surface area contributed by atoms with Gasteiger partial charge in [-0.1, -0.05) is 36.2 Å². The summed E-state index contributed by atoms with van der Waals surface area (Å²) in [5.41, 5.74) is 2.94. The molecule has 0 aliphatic heterocycles. The van der Waals surface area contributed by atoms with E-state index in [1.54, 1.807) is 5.56 Å². The molecule has 1 aliphatic carbocycles. The van der Waals surface area contributed by atoms with Crippen molar-refractivity contribution in [2.75, 3.05) is 14.1 Å². The SMILES string of the molecule is Cc1cccc(C2CCCC(N(C)C)C2)c1. The fraction of sp³-hybridized carbons (Fsp3) is 0.600. The van der Waals surface area contributed by atoms with E-state index in [4.69, 9.17) is 0 Å². The topological polar surface area (TPSA) is 3.24 Å². The van der Waals surface area contributed by atoms with Gasteiger partial charge in [-0.2, -0.15) is 0 Å². The Morgan fingerprint density at radius 1 is 1.19 bits per heavy atom. The second-order valence-electron chi connectivity index (χ2n) is 5.40. The number of nitrogens with zero attached hydrogens (tertiary/aromatic N) is 1. The maximum Gasteiger partial charge on any atom is 0.00949 e. The van der Waals surface area contributed by atoms with Gasteiger partial charge in [0, 0.05) is 6.04 Å². The zero-order valence-electron chi connectivity index (χ0n) is 10.7. The van der Waals surface area contributed by atoms with Crippen LogP contribution in [0.2, 0.25) is 0 Å². The van der Waals surface area contributed by atoms with Crippen LogP contribution in [0, 0.1) is 6.92 Å². The lowest BCUT2D eigenvalue weighted by atomic mass is 9.80. The van der Waals surface area contributed by atoms with Crippen LogP contribution in [0.25, 0.3) is 0 Å². The molecular weight excluding hydrogens is 194 g/mol. The first kappa shape index (κ1) is 11.7. The van der Waals surface area contributed by atoms with Crippen LogP contribution in [0.3, 0.4) is 0 Å². The Labute approximate surface area is 99.5 Å². The highest BCUT2D eigenvalue weighted by molar-refractivity contribution is 5.26. The molecule has 0 heterocycles. The van der Waals surface area contributed by atoms with Crippen molar-refractivity contribution in [3.63, 3.8) is 0 Å². The number of rotatable bonds is 2. The summed E-state index contributed by atoms with van der Waals surface area (Å²) in [4.78, 5) is 2.39. The quantitative estimate of drug-likeness (QED) is 0.732. The molecule has 1 saturated carbocycles. The molecule has 0 N–H and O–H groups in total. The summed E-state index contributed by atoms with van der Waals surface area (Å²) in [6.07, 6.45) is 5.45. The van der Waals surface area contributed by atoms with Gasteiger partial charge in [0.2, 0.25) is 0 Å². The van der Waals surface area contributed by atoms with Crippen molar-refractivity contribution in [3.8, 4) is 0 Å². The molecule has 0 spiro atoms. The third-order valence-corrected chi connectivity index (χ3v) is 3.89. The average Bonchev–Trinajstić information content (AvgIpc) is 2.29. The largest absolute Gasteiger partial charge is 0.306 e. The maximum absolute atomic E-state index is 2.39. The highest BCUT2D eigenvalue weighted by atomic mass is 15.1. The minimum absolute atomic E-state index is 0.777. The molecule has 0 aromatic heterocycles. The van der Waals surface area contributed by atoms with E-state index in [1.165, 1.54) is 31.2 Å².